The molecule has 0 spiro atoms. The van der Waals surface area contributed by atoms with Gasteiger partial charge >= 0.3 is 0 Å². The fraction of sp³-hybridized carbons (Fsp3) is 0.500. The third-order valence-electron chi connectivity index (χ3n) is 2.94. The van der Waals surface area contributed by atoms with Gasteiger partial charge in [0.1, 0.15) is 4.90 Å². The summed E-state index contributed by atoms with van der Waals surface area (Å²) in [6.07, 6.45) is 0.880. The number of anilines is 1. The van der Waals surface area contributed by atoms with E-state index < -0.39 is 10.0 Å². The van der Waals surface area contributed by atoms with Crippen molar-refractivity contribution in [3.05, 3.63) is 23.2 Å². The van der Waals surface area contributed by atoms with Crippen LogP contribution < -0.4 is 10.5 Å². The normalized spacial score (nSPS) is 12.7. The Morgan fingerprint density at radius 2 is 2.00 bits per heavy atom. The van der Waals surface area contributed by atoms with Crippen molar-refractivity contribution >= 4 is 27.3 Å². The molecule has 1 aromatic rings. The van der Waals surface area contributed by atoms with Crippen LogP contribution in [0.5, 0.6) is 0 Å². The number of sulfonamides is 1. The highest BCUT2D eigenvalue weighted by atomic mass is 35.5. The van der Waals surface area contributed by atoms with Crippen LogP contribution in [0.3, 0.4) is 0 Å². The van der Waals surface area contributed by atoms with Gasteiger partial charge in [-0.05, 0) is 30.0 Å². The number of nitrogen functional groups attached to an aromatic ring is 1. The summed E-state index contributed by atoms with van der Waals surface area (Å²) >= 11 is 5.90. The van der Waals surface area contributed by atoms with Crippen molar-refractivity contribution < 1.29 is 8.42 Å². The lowest BCUT2D eigenvalue weighted by Gasteiger charge is -2.22. The van der Waals surface area contributed by atoms with Gasteiger partial charge in [0.25, 0.3) is 0 Å². The molecule has 0 unspecified atom stereocenters. The van der Waals surface area contributed by atoms with Crippen LogP contribution in [-0.2, 0) is 10.0 Å². The predicted molar refractivity (Wildman–Crippen MR) is 75.1 cm³/mol. The van der Waals surface area contributed by atoms with E-state index in [2.05, 4.69) is 4.72 Å². The molecule has 18 heavy (non-hydrogen) atoms. The van der Waals surface area contributed by atoms with Gasteiger partial charge in [0.15, 0.2) is 0 Å². The first-order chi connectivity index (χ1) is 8.18. The lowest BCUT2D eigenvalue weighted by Crippen LogP contribution is -2.33. The maximum absolute atomic E-state index is 12.1. The quantitative estimate of drug-likeness (QED) is 0.819. The van der Waals surface area contributed by atoms with Crippen molar-refractivity contribution in [1.29, 1.82) is 0 Å². The predicted octanol–water partition coefficient (Wildman–Crippen LogP) is 2.64. The maximum atomic E-state index is 12.1. The third-order valence-corrected chi connectivity index (χ3v) is 4.83. The molecule has 0 heterocycles. The highest BCUT2D eigenvalue weighted by Gasteiger charge is 2.22. The van der Waals surface area contributed by atoms with E-state index in [-0.39, 0.29) is 15.3 Å². The average Bonchev–Trinajstić information content (AvgIpc) is 2.26. The molecule has 102 valence electrons. The number of nitrogens with one attached hydrogen (secondary N) is 1. The maximum Gasteiger partial charge on any atom is 0.242 e. The van der Waals surface area contributed by atoms with Gasteiger partial charge < -0.3 is 5.73 Å². The number of halogens is 1. The minimum atomic E-state index is -3.59. The fourth-order valence-corrected chi connectivity index (χ4v) is 3.02. The first-order valence-corrected chi connectivity index (χ1v) is 7.59. The van der Waals surface area contributed by atoms with Gasteiger partial charge in [-0.25, -0.2) is 13.1 Å². The zero-order valence-corrected chi connectivity index (χ0v) is 12.4. The largest absolute Gasteiger partial charge is 0.399 e. The summed E-state index contributed by atoms with van der Waals surface area (Å²) in [4.78, 5) is 0.0604. The van der Waals surface area contributed by atoms with E-state index in [9.17, 15) is 8.42 Å². The summed E-state index contributed by atoms with van der Waals surface area (Å²) < 4.78 is 26.8. The van der Waals surface area contributed by atoms with E-state index in [4.69, 9.17) is 17.3 Å². The SMILES string of the molecule is CCC(C)(C)CNS(=O)(=O)c1ccc(N)cc1Cl. The van der Waals surface area contributed by atoms with Gasteiger partial charge in [-0.15, -0.1) is 0 Å². The Hall–Kier alpha value is -0.780. The summed E-state index contributed by atoms with van der Waals surface area (Å²) in [6.45, 7) is 6.39. The van der Waals surface area contributed by atoms with Gasteiger partial charge in [-0.2, -0.15) is 0 Å². The standard InChI is InChI=1S/C12H19ClN2O2S/c1-4-12(2,3)8-15-18(16,17)11-6-5-9(14)7-10(11)13/h5-7,15H,4,8,14H2,1-3H3. The van der Waals surface area contributed by atoms with Crippen molar-refractivity contribution in [2.75, 3.05) is 12.3 Å². The van der Waals surface area contributed by atoms with Crippen molar-refractivity contribution in [3.63, 3.8) is 0 Å². The van der Waals surface area contributed by atoms with Gasteiger partial charge in [0, 0.05) is 12.2 Å². The van der Waals surface area contributed by atoms with Crippen LogP contribution in [0.4, 0.5) is 5.69 Å². The molecule has 0 radical (unpaired) electrons. The molecule has 0 aliphatic carbocycles. The first-order valence-electron chi connectivity index (χ1n) is 5.73. The summed E-state index contributed by atoms with van der Waals surface area (Å²) in [7, 11) is -3.59. The van der Waals surface area contributed by atoms with Gasteiger partial charge in [0.05, 0.1) is 5.02 Å². The molecule has 0 saturated heterocycles. The Morgan fingerprint density at radius 3 is 2.50 bits per heavy atom. The molecule has 6 heteroatoms. The molecular formula is C12H19ClN2O2S. The van der Waals surface area contributed by atoms with E-state index >= 15 is 0 Å². The monoisotopic (exact) mass is 290 g/mol. The van der Waals surface area contributed by atoms with Crippen LogP contribution in [0.15, 0.2) is 23.1 Å². The number of nitrogens with two attached hydrogens (primary N) is 1. The second-order valence-corrected chi connectivity index (χ2v) is 7.17. The Morgan fingerprint density at radius 1 is 1.39 bits per heavy atom. The van der Waals surface area contributed by atoms with Crippen LogP contribution in [-0.4, -0.2) is 15.0 Å². The minimum absolute atomic E-state index is 0.0604. The molecule has 0 aliphatic heterocycles. The zero-order valence-electron chi connectivity index (χ0n) is 10.8. The summed E-state index contributed by atoms with van der Waals surface area (Å²) in [5.74, 6) is 0. The Bertz CT molecular complexity index is 527. The highest BCUT2D eigenvalue weighted by molar-refractivity contribution is 7.89. The minimum Gasteiger partial charge on any atom is -0.399 e. The topological polar surface area (TPSA) is 72.2 Å². The molecule has 0 fully saturated rings. The second-order valence-electron chi connectivity index (χ2n) is 5.03. The van der Waals surface area contributed by atoms with E-state index in [1.54, 1.807) is 0 Å². The number of hydrogen-bond donors (Lipinski definition) is 2. The van der Waals surface area contributed by atoms with Crippen molar-refractivity contribution in [2.24, 2.45) is 5.41 Å². The lowest BCUT2D eigenvalue weighted by molar-refractivity contribution is 0.350. The second kappa shape index (κ2) is 5.47. The molecule has 0 aromatic heterocycles. The van der Waals surface area contributed by atoms with Gasteiger partial charge in [-0.1, -0.05) is 32.4 Å². The number of hydrogen-bond acceptors (Lipinski definition) is 3. The van der Waals surface area contributed by atoms with Crippen LogP contribution in [0.1, 0.15) is 27.2 Å². The van der Waals surface area contributed by atoms with E-state index in [0.717, 1.165) is 6.42 Å². The van der Waals surface area contributed by atoms with Crippen LogP contribution >= 0.6 is 11.6 Å². The molecular weight excluding hydrogens is 272 g/mol. The van der Waals surface area contributed by atoms with E-state index in [1.807, 2.05) is 20.8 Å². The smallest absolute Gasteiger partial charge is 0.242 e. The van der Waals surface area contributed by atoms with E-state index in [1.165, 1.54) is 18.2 Å². The lowest BCUT2D eigenvalue weighted by atomic mass is 9.91. The molecule has 0 bridgehead atoms. The Kier molecular flexibility index (Phi) is 4.64. The molecule has 0 aliphatic rings. The molecule has 1 aromatic carbocycles. The highest BCUT2D eigenvalue weighted by Crippen LogP contribution is 2.25. The molecule has 4 nitrogen and oxygen atoms in total. The third kappa shape index (κ3) is 3.86. The average molecular weight is 291 g/mol. The van der Waals surface area contributed by atoms with E-state index in [0.29, 0.717) is 12.2 Å². The van der Waals surface area contributed by atoms with Crippen LogP contribution in [0.2, 0.25) is 5.02 Å². The summed E-state index contributed by atoms with van der Waals surface area (Å²) in [6, 6.07) is 4.37. The van der Waals surface area contributed by atoms with Gasteiger partial charge in [-0.3, -0.25) is 0 Å². The van der Waals surface area contributed by atoms with Crippen LogP contribution in [0, 0.1) is 5.41 Å². The molecule has 3 N–H and O–H groups in total. The number of rotatable bonds is 5. The summed E-state index contributed by atoms with van der Waals surface area (Å²) in [5.41, 5.74) is 5.88. The Labute approximate surface area is 114 Å². The van der Waals surface area contributed by atoms with Crippen molar-refractivity contribution in [3.8, 4) is 0 Å². The first kappa shape index (κ1) is 15.3. The zero-order chi connectivity index (χ0) is 14.0. The van der Waals surface area contributed by atoms with Crippen molar-refractivity contribution in [1.82, 2.24) is 4.72 Å². The van der Waals surface area contributed by atoms with Crippen molar-refractivity contribution in [2.45, 2.75) is 32.1 Å². The van der Waals surface area contributed by atoms with Crippen LogP contribution in [0.25, 0.3) is 0 Å². The molecule has 0 atom stereocenters. The molecule has 1 rings (SSSR count). The fourth-order valence-electron chi connectivity index (χ4n) is 1.23. The summed E-state index contributed by atoms with van der Waals surface area (Å²) in [5, 5.41) is 0.136. The number of benzene rings is 1. The molecule has 0 amide bonds. The Balaban J connectivity index is 2.94. The molecule has 0 saturated carbocycles. The van der Waals surface area contributed by atoms with Gasteiger partial charge in [0.2, 0.25) is 10.0 Å².